The van der Waals surface area contributed by atoms with Crippen molar-refractivity contribution >= 4 is 26.1 Å². The van der Waals surface area contributed by atoms with Gasteiger partial charge in [-0.3, -0.25) is 18.1 Å². The maximum Gasteiger partial charge on any atom is 0.513 e. The van der Waals surface area contributed by atoms with Crippen molar-refractivity contribution in [1.82, 2.24) is 0 Å². The van der Waals surface area contributed by atoms with E-state index in [9.17, 15) is 22.1 Å². The van der Waals surface area contributed by atoms with Crippen LogP contribution in [0.3, 0.4) is 0 Å². The molecule has 2 atom stereocenters. The second-order valence-corrected chi connectivity index (χ2v) is 7.39. The van der Waals surface area contributed by atoms with Crippen LogP contribution in [0, 0.1) is 5.41 Å². The molecule has 6 nitrogen and oxygen atoms in total. The Morgan fingerprint density at radius 1 is 1.12 bits per heavy atom. The van der Waals surface area contributed by atoms with Gasteiger partial charge in [0, 0.05) is 11.2 Å². The van der Waals surface area contributed by atoms with Crippen molar-refractivity contribution in [3.8, 4) is 0 Å². The average Bonchev–Trinajstić information content (AvgIpc) is 2.14. The Labute approximate surface area is 98.3 Å². The Kier molecular flexibility index (Phi) is 3.41. The van der Waals surface area contributed by atoms with E-state index in [-0.39, 0.29) is 0 Å². The molecule has 0 aromatic heterocycles. The van der Waals surface area contributed by atoms with E-state index in [1.165, 1.54) is 0 Å². The van der Waals surface area contributed by atoms with Gasteiger partial charge in [0.1, 0.15) is 5.41 Å². The molecule has 12 heteroatoms. The molecule has 100 valence electrons. The van der Waals surface area contributed by atoms with E-state index in [0.717, 1.165) is 0 Å². The van der Waals surface area contributed by atoms with Gasteiger partial charge in [-0.2, -0.15) is 0 Å². The van der Waals surface area contributed by atoms with Gasteiger partial charge in [-0.05, 0) is 0 Å². The van der Waals surface area contributed by atoms with Crippen LogP contribution in [0.2, 0.25) is 0 Å². The number of halogens is 4. The van der Waals surface area contributed by atoms with E-state index in [4.69, 9.17) is 11.2 Å². The van der Waals surface area contributed by atoms with Crippen LogP contribution < -0.4 is 0 Å². The molecule has 17 heavy (non-hydrogen) atoms. The highest BCUT2D eigenvalue weighted by Crippen LogP contribution is 2.66. The zero-order valence-electron chi connectivity index (χ0n) is 7.92. The molecular formula is C5H6ClF3O6P2. The number of hydrogen-bond acceptors (Lipinski definition) is 6. The number of hydrogen-bond donors (Lipinski definition) is 0. The molecule has 2 unspecified atom stereocenters. The van der Waals surface area contributed by atoms with E-state index in [2.05, 4.69) is 18.1 Å². The summed E-state index contributed by atoms with van der Waals surface area (Å²) in [5.41, 5.74) is -2.21. The third-order valence-corrected chi connectivity index (χ3v) is 4.54. The van der Waals surface area contributed by atoms with E-state index in [0.29, 0.717) is 0 Å². The van der Waals surface area contributed by atoms with Gasteiger partial charge in [0.15, 0.2) is 0 Å². The lowest BCUT2D eigenvalue weighted by Gasteiger charge is -2.43. The molecule has 2 fully saturated rings. The molecule has 2 heterocycles. The quantitative estimate of drug-likeness (QED) is 0.640. The average molecular weight is 316 g/mol. The molecule has 2 aliphatic heterocycles. The van der Waals surface area contributed by atoms with Gasteiger partial charge in [0.25, 0.3) is 0 Å². The highest BCUT2D eigenvalue weighted by molar-refractivity contribution is 7.81. The first-order valence-corrected chi connectivity index (χ1v) is 8.08. The van der Waals surface area contributed by atoms with Crippen molar-refractivity contribution in [1.29, 1.82) is 0 Å². The number of alkyl halides is 2. The molecule has 2 saturated heterocycles. The van der Waals surface area contributed by atoms with Crippen molar-refractivity contribution in [2.75, 3.05) is 13.2 Å². The third kappa shape index (κ3) is 2.56. The van der Waals surface area contributed by atoms with Crippen LogP contribution >= 0.6 is 26.1 Å². The Hall–Kier alpha value is 0.380. The summed E-state index contributed by atoms with van der Waals surface area (Å²) < 4.78 is 77.9. The predicted octanol–water partition coefficient (Wildman–Crippen LogP) is 3.08. The van der Waals surface area contributed by atoms with Gasteiger partial charge in [-0.15, -0.1) is 4.20 Å². The molecular weight excluding hydrogens is 310 g/mol. The monoisotopic (exact) mass is 316 g/mol. The zero-order valence-corrected chi connectivity index (χ0v) is 10.5. The lowest BCUT2D eigenvalue weighted by molar-refractivity contribution is -0.228. The minimum atomic E-state index is -4.81. The van der Waals surface area contributed by atoms with E-state index in [1.54, 1.807) is 0 Å². The Morgan fingerprint density at radius 3 is 1.94 bits per heavy atom. The molecule has 0 aromatic carbocycles. The Bertz CT molecular complexity index is 390. The van der Waals surface area contributed by atoms with Gasteiger partial charge in [0.2, 0.25) is 12.7 Å². The van der Waals surface area contributed by atoms with E-state index in [1.807, 2.05) is 0 Å². The smallest absolute Gasteiger partial charge is 0.282 e. The SMILES string of the molecule is O=P1(F)OCC2(CO1)C(F)OP(=O)(Cl)OC2F. The van der Waals surface area contributed by atoms with Crippen LogP contribution in [0.25, 0.3) is 0 Å². The van der Waals surface area contributed by atoms with Crippen molar-refractivity contribution in [2.24, 2.45) is 5.41 Å². The van der Waals surface area contributed by atoms with E-state index >= 15 is 0 Å². The highest BCUT2D eigenvalue weighted by Gasteiger charge is 2.61. The molecule has 0 saturated carbocycles. The zero-order chi connectivity index (χ0) is 12.9. The van der Waals surface area contributed by atoms with Crippen LogP contribution in [-0.4, -0.2) is 25.9 Å². The van der Waals surface area contributed by atoms with Crippen LogP contribution in [0.4, 0.5) is 13.0 Å². The van der Waals surface area contributed by atoms with Gasteiger partial charge < -0.3 is 0 Å². The standard InChI is InChI=1S/C5H6ClF3O6P2/c6-16(10)14-3(7)5(4(8)15-16)1-12-17(9,11)13-2-5/h3-4H,1-2H2. The summed E-state index contributed by atoms with van der Waals surface area (Å²) in [4.78, 5) is 0. The fourth-order valence-electron chi connectivity index (χ4n) is 1.29. The van der Waals surface area contributed by atoms with Crippen LogP contribution in [-0.2, 0) is 27.2 Å². The lowest BCUT2D eigenvalue weighted by Crippen LogP contribution is -2.53. The minimum Gasteiger partial charge on any atom is -0.282 e. The molecule has 2 rings (SSSR count). The summed E-state index contributed by atoms with van der Waals surface area (Å²) in [5.74, 6) is 0. The van der Waals surface area contributed by atoms with E-state index < -0.39 is 46.2 Å². The van der Waals surface area contributed by atoms with Gasteiger partial charge in [-0.1, -0.05) is 0 Å². The molecule has 0 radical (unpaired) electrons. The van der Waals surface area contributed by atoms with Crippen molar-refractivity contribution in [2.45, 2.75) is 12.7 Å². The second kappa shape index (κ2) is 4.20. The predicted molar refractivity (Wildman–Crippen MR) is 48.5 cm³/mol. The highest BCUT2D eigenvalue weighted by atomic mass is 35.7. The fraction of sp³-hybridized carbons (Fsp3) is 1.00. The third-order valence-electron chi connectivity index (χ3n) is 2.32. The van der Waals surface area contributed by atoms with Crippen LogP contribution in [0.15, 0.2) is 0 Å². The topological polar surface area (TPSA) is 71.1 Å². The van der Waals surface area contributed by atoms with Crippen molar-refractivity contribution in [3.63, 3.8) is 0 Å². The number of rotatable bonds is 0. The molecule has 0 aliphatic carbocycles. The Balaban J connectivity index is 2.21. The van der Waals surface area contributed by atoms with Crippen molar-refractivity contribution in [3.05, 3.63) is 0 Å². The summed E-state index contributed by atoms with van der Waals surface area (Å²) in [6.07, 6.45) is -5.01. The van der Waals surface area contributed by atoms with Gasteiger partial charge in [0.05, 0.1) is 13.2 Å². The molecule has 0 bridgehead atoms. The molecule has 0 N–H and O–H groups in total. The normalized spacial score (nSPS) is 56.0. The molecule has 1 spiro atoms. The summed E-state index contributed by atoms with van der Waals surface area (Å²) in [6.45, 7) is -6.29. The van der Waals surface area contributed by atoms with Crippen molar-refractivity contribution < 1.29 is 40.2 Å². The first-order chi connectivity index (χ1) is 7.67. The largest absolute Gasteiger partial charge is 0.513 e. The summed E-state index contributed by atoms with van der Waals surface area (Å²) in [6, 6.07) is 0. The molecule has 0 aromatic rings. The first kappa shape index (κ1) is 13.8. The lowest BCUT2D eigenvalue weighted by atomic mass is 9.90. The van der Waals surface area contributed by atoms with Gasteiger partial charge in [-0.25, -0.2) is 17.9 Å². The maximum atomic E-state index is 13.6. The van der Waals surface area contributed by atoms with Crippen LogP contribution in [0.5, 0.6) is 0 Å². The molecule has 0 amide bonds. The first-order valence-electron chi connectivity index (χ1n) is 4.20. The Morgan fingerprint density at radius 2 is 1.53 bits per heavy atom. The minimum absolute atomic E-state index is 0.958. The summed E-state index contributed by atoms with van der Waals surface area (Å²) in [5, 5.41) is 0. The second-order valence-electron chi connectivity index (χ2n) is 3.48. The van der Waals surface area contributed by atoms with Gasteiger partial charge >= 0.3 is 14.9 Å². The summed E-state index contributed by atoms with van der Waals surface area (Å²) >= 11 is 5.04. The fourth-order valence-corrected chi connectivity index (χ4v) is 3.49. The summed E-state index contributed by atoms with van der Waals surface area (Å²) in [7, 11) is -4.81. The van der Waals surface area contributed by atoms with Crippen LogP contribution in [0.1, 0.15) is 0 Å². The molecule has 2 aliphatic rings. The maximum absolute atomic E-state index is 13.6.